The van der Waals surface area contributed by atoms with Gasteiger partial charge in [0.1, 0.15) is 0 Å². The Labute approximate surface area is 281 Å². The van der Waals surface area contributed by atoms with E-state index in [1.54, 1.807) is 0 Å². The summed E-state index contributed by atoms with van der Waals surface area (Å²) in [5.41, 5.74) is 0. The van der Waals surface area contributed by atoms with Crippen molar-refractivity contribution in [1.82, 2.24) is 42.5 Å². The van der Waals surface area contributed by atoms with Crippen molar-refractivity contribution in [3.63, 3.8) is 0 Å². The molecule has 0 radical (unpaired) electrons. The van der Waals surface area contributed by atoms with Crippen LogP contribution in [0.5, 0.6) is 0 Å². The molecule has 250 valence electrons. The smallest absolute Gasteiger partial charge is 0.696 e. The number of hydrogen-bond donors (Lipinski definition) is 8. The van der Waals surface area contributed by atoms with Crippen LogP contribution in [0.2, 0.25) is 0 Å². The van der Waals surface area contributed by atoms with Crippen molar-refractivity contribution in [3.8, 4) is 5.40 Å². The molecule has 8 atom stereocenters. The van der Waals surface area contributed by atoms with Crippen LogP contribution in [0.25, 0.3) is 0 Å². The molecular formula is C33H56CuN9S. The quantitative estimate of drug-likeness (QED) is 0.111. The van der Waals surface area contributed by atoms with Crippen LogP contribution in [0.1, 0.15) is 103 Å². The van der Waals surface area contributed by atoms with Crippen molar-refractivity contribution in [3.05, 3.63) is 0 Å². The van der Waals surface area contributed by atoms with Gasteiger partial charge in [0.25, 0.3) is 0 Å². The van der Waals surface area contributed by atoms with E-state index in [1.807, 2.05) is 0 Å². The zero-order valence-corrected chi connectivity index (χ0v) is 28.0. The molecule has 4 saturated carbocycles. The summed E-state index contributed by atoms with van der Waals surface area (Å²) < 4.78 is 0. The topological polar surface area (TPSA) is 120 Å². The van der Waals surface area contributed by atoms with Gasteiger partial charge in [-0.3, -0.25) is 42.5 Å². The molecule has 0 aromatic heterocycles. The zero-order chi connectivity index (χ0) is 28.9. The fourth-order valence-corrected chi connectivity index (χ4v) is 12.0. The Kier molecular flexibility index (Phi) is 10.5. The van der Waals surface area contributed by atoms with Crippen LogP contribution in [0, 0.1) is 58.0 Å². The summed E-state index contributed by atoms with van der Waals surface area (Å²) in [5.74, 6) is 5.97. The Balaban J connectivity index is 0.000000753. The third-order valence-corrected chi connectivity index (χ3v) is 13.8. The molecule has 9 fully saturated rings. The molecule has 0 aromatic rings. The fourth-order valence-electron chi connectivity index (χ4n) is 12.0. The molecule has 0 aromatic carbocycles. The number of fused-ring (bicyclic) bond motifs is 20. The van der Waals surface area contributed by atoms with Gasteiger partial charge in [-0.2, -0.15) is 0 Å². The first kappa shape index (κ1) is 32.5. The number of thiocyanates is 1. The number of nitriles is 1. The Morgan fingerprint density at radius 3 is 0.568 bits per heavy atom. The number of nitrogens with one attached hydrogen (secondary N) is 8. The molecule has 8 unspecified atom stereocenters. The largest absolute Gasteiger partial charge is 1.00 e. The summed E-state index contributed by atoms with van der Waals surface area (Å²) in [6.07, 6.45) is 25.6. The predicted octanol–water partition coefficient (Wildman–Crippen LogP) is 2.62. The molecular weight excluding hydrogens is 618 g/mol. The molecule has 5 saturated heterocycles. The summed E-state index contributed by atoms with van der Waals surface area (Å²) >= 11 is 3.70. The molecule has 8 N–H and O–H groups in total. The van der Waals surface area contributed by atoms with E-state index in [4.69, 9.17) is 5.26 Å². The molecule has 0 spiro atoms. The molecule has 0 amide bonds. The van der Waals surface area contributed by atoms with Crippen LogP contribution in [-0.4, -0.2) is 49.3 Å². The van der Waals surface area contributed by atoms with Crippen LogP contribution < -0.4 is 42.5 Å². The van der Waals surface area contributed by atoms with E-state index in [2.05, 4.69) is 55.2 Å². The van der Waals surface area contributed by atoms with Gasteiger partial charge >= 0.3 is 17.1 Å². The Hall–Kier alpha value is -0.0905. The van der Waals surface area contributed by atoms with Gasteiger partial charge in [0.05, 0.1) is 49.3 Å². The second-order valence-electron chi connectivity index (χ2n) is 15.7. The molecule has 9 aliphatic rings. The van der Waals surface area contributed by atoms with Gasteiger partial charge in [-0.25, -0.2) is 5.26 Å². The van der Waals surface area contributed by atoms with Crippen LogP contribution in [-0.2, 0) is 29.7 Å². The second-order valence-corrected chi connectivity index (χ2v) is 15.9. The van der Waals surface area contributed by atoms with Crippen molar-refractivity contribution in [2.75, 3.05) is 0 Å². The van der Waals surface area contributed by atoms with Gasteiger partial charge in [0, 0.05) is 0 Å². The van der Waals surface area contributed by atoms with Crippen molar-refractivity contribution in [1.29, 1.82) is 5.26 Å². The minimum absolute atomic E-state index is 0. The van der Waals surface area contributed by atoms with Gasteiger partial charge in [-0.15, -0.1) is 0 Å². The fraction of sp³-hybridized carbons (Fsp3) is 0.970. The van der Waals surface area contributed by atoms with E-state index >= 15 is 0 Å². The minimum Gasteiger partial charge on any atom is -0.696 e. The van der Waals surface area contributed by atoms with Crippen molar-refractivity contribution >= 4 is 12.6 Å². The standard InChI is InChI=1S/C32H56N8.CHNS.Cu/c1-2-10-18-17(9-1)25-33-26(18)38-28-21-13-5-6-14-22(21)30(35-28)40-32-24-16-8-7-15-23(24)31(36-32)39-29-20-12-4-3-11-19(20)27(34-29)37-25;2-1-3;/h17-40H,1-16H2;3H;/q;;+1/p-1. The van der Waals surface area contributed by atoms with E-state index < -0.39 is 0 Å². The second kappa shape index (κ2) is 14.2. The maximum absolute atomic E-state index is 7.13. The molecule has 5 heterocycles. The molecule has 9 rings (SSSR count). The van der Waals surface area contributed by atoms with Gasteiger partial charge < -0.3 is 12.6 Å². The molecule has 9 nitrogen and oxygen atoms in total. The molecule has 5 aliphatic heterocycles. The summed E-state index contributed by atoms with van der Waals surface area (Å²) in [6.45, 7) is 0. The van der Waals surface area contributed by atoms with Gasteiger partial charge in [-0.05, 0) is 98.7 Å². The SMILES string of the molecule is C1CCC2C3NC(NC4NC(NC5NC(NC6NC(N3)C3CCCCC63)C3CCCCC53)C3CCCCC43)C2C1.N#C[S-].[Cu+]. The Bertz CT molecular complexity index is 808. The molecule has 44 heavy (non-hydrogen) atoms. The van der Waals surface area contributed by atoms with Crippen LogP contribution in [0.3, 0.4) is 0 Å². The van der Waals surface area contributed by atoms with E-state index in [1.165, 1.54) is 108 Å². The molecule has 4 aliphatic carbocycles. The van der Waals surface area contributed by atoms with Crippen molar-refractivity contribution in [2.24, 2.45) is 47.3 Å². The average Bonchev–Trinajstić information content (AvgIpc) is 3.77. The first-order valence-corrected chi connectivity index (χ1v) is 18.7. The third-order valence-electron chi connectivity index (χ3n) is 13.8. The normalized spacial score (nSPS) is 52.5. The van der Waals surface area contributed by atoms with E-state index in [9.17, 15) is 0 Å². The summed E-state index contributed by atoms with van der Waals surface area (Å²) in [7, 11) is 0. The Morgan fingerprint density at radius 2 is 0.455 bits per heavy atom. The van der Waals surface area contributed by atoms with Gasteiger partial charge in [-0.1, -0.05) is 56.8 Å². The summed E-state index contributed by atoms with van der Waals surface area (Å²) in [4.78, 5) is 0. The monoisotopic (exact) mass is 673 g/mol. The van der Waals surface area contributed by atoms with Crippen LogP contribution in [0.4, 0.5) is 0 Å². The number of nitrogens with zero attached hydrogens (tertiary/aromatic N) is 1. The van der Waals surface area contributed by atoms with Crippen LogP contribution >= 0.6 is 0 Å². The van der Waals surface area contributed by atoms with E-state index in [-0.39, 0.29) is 17.1 Å². The summed E-state index contributed by atoms with van der Waals surface area (Å²) in [5, 5.41) is 42.3. The average molecular weight is 674 g/mol. The molecule has 8 bridgehead atoms. The van der Waals surface area contributed by atoms with E-state index in [0.717, 1.165) is 47.3 Å². The van der Waals surface area contributed by atoms with Crippen molar-refractivity contribution < 1.29 is 17.1 Å². The maximum atomic E-state index is 7.13. The number of hydrogen-bond acceptors (Lipinski definition) is 10. The van der Waals surface area contributed by atoms with Gasteiger partial charge in [0.15, 0.2) is 0 Å². The maximum Gasteiger partial charge on any atom is 1.00 e. The zero-order valence-electron chi connectivity index (χ0n) is 26.2. The van der Waals surface area contributed by atoms with Gasteiger partial charge in [0.2, 0.25) is 0 Å². The van der Waals surface area contributed by atoms with Crippen molar-refractivity contribution in [2.45, 2.75) is 152 Å². The third kappa shape index (κ3) is 6.02. The predicted molar refractivity (Wildman–Crippen MR) is 170 cm³/mol. The molecule has 11 heteroatoms. The Morgan fingerprint density at radius 1 is 0.341 bits per heavy atom. The number of rotatable bonds is 0. The van der Waals surface area contributed by atoms with E-state index in [0.29, 0.717) is 49.3 Å². The first-order chi connectivity index (χ1) is 21.2. The van der Waals surface area contributed by atoms with Crippen LogP contribution in [0.15, 0.2) is 0 Å². The first-order valence-electron chi connectivity index (χ1n) is 18.3. The summed E-state index contributed by atoms with van der Waals surface area (Å²) in [6, 6.07) is 0. The minimum atomic E-state index is 0.